The van der Waals surface area contributed by atoms with E-state index in [-0.39, 0.29) is 17.5 Å². The van der Waals surface area contributed by atoms with E-state index in [1.807, 2.05) is 105 Å². The van der Waals surface area contributed by atoms with Crippen LogP contribution in [0.4, 0.5) is 11.4 Å². The van der Waals surface area contributed by atoms with Gasteiger partial charge in [0.25, 0.3) is 0 Å². The van der Waals surface area contributed by atoms with Crippen LogP contribution in [0.25, 0.3) is 6.08 Å². The number of aryl methyl sites for hydroxylation is 1. The van der Waals surface area contributed by atoms with Crippen LogP contribution in [-0.2, 0) is 21.4 Å². The number of anilines is 2. The van der Waals surface area contributed by atoms with Gasteiger partial charge in [-0.1, -0.05) is 88.7 Å². The second-order valence-electron chi connectivity index (χ2n) is 12.4. The van der Waals surface area contributed by atoms with E-state index >= 15 is 0 Å². The van der Waals surface area contributed by atoms with Gasteiger partial charge in [-0.2, -0.15) is 0 Å². The highest BCUT2D eigenvalue weighted by atomic mass is 16.5. The van der Waals surface area contributed by atoms with Gasteiger partial charge in [0, 0.05) is 27.9 Å². The number of benzene rings is 3. The van der Waals surface area contributed by atoms with Crippen LogP contribution in [0.15, 0.2) is 72.8 Å². The highest BCUT2D eigenvalue weighted by Gasteiger charge is 2.70. The maximum atomic E-state index is 14.8. The Morgan fingerprint density at radius 2 is 1.76 bits per heavy atom. The van der Waals surface area contributed by atoms with Crippen molar-refractivity contribution in [3.63, 3.8) is 0 Å². The molecule has 41 heavy (non-hydrogen) atoms. The fourth-order valence-electron chi connectivity index (χ4n) is 7.03. The van der Waals surface area contributed by atoms with Crippen LogP contribution in [0.2, 0.25) is 0 Å². The first-order valence-corrected chi connectivity index (χ1v) is 14.4. The van der Waals surface area contributed by atoms with E-state index in [0.717, 1.165) is 35.2 Å². The second-order valence-corrected chi connectivity index (χ2v) is 12.4. The van der Waals surface area contributed by atoms with Crippen molar-refractivity contribution in [1.29, 1.82) is 0 Å². The number of ketones is 2. The molecule has 3 aromatic rings. The average molecular weight is 549 g/mol. The van der Waals surface area contributed by atoms with Crippen molar-refractivity contribution >= 4 is 34.9 Å². The zero-order valence-corrected chi connectivity index (χ0v) is 24.2. The minimum atomic E-state index is -1.30. The molecule has 6 rings (SSSR count). The number of para-hydroxylation sites is 1. The number of ether oxygens (including phenoxy) is 1. The molecule has 0 bridgehead atoms. The van der Waals surface area contributed by atoms with Crippen molar-refractivity contribution in [2.24, 2.45) is 11.3 Å². The summed E-state index contributed by atoms with van der Waals surface area (Å²) in [5, 5.41) is 3.08. The van der Waals surface area contributed by atoms with Crippen LogP contribution in [0.3, 0.4) is 0 Å². The third kappa shape index (κ3) is 3.95. The Morgan fingerprint density at radius 1 is 1.02 bits per heavy atom. The lowest BCUT2D eigenvalue weighted by Gasteiger charge is -2.38. The molecule has 3 aliphatic rings. The number of nitrogens with zero attached hydrogens (tertiary/aromatic N) is 1. The topological polar surface area (TPSA) is 75.7 Å². The Labute approximate surface area is 241 Å². The van der Waals surface area contributed by atoms with Gasteiger partial charge in [0.1, 0.15) is 17.2 Å². The largest absolute Gasteiger partial charge is 0.497 e. The van der Waals surface area contributed by atoms with Gasteiger partial charge in [0.05, 0.1) is 19.1 Å². The summed E-state index contributed by atoms with van der Waals surface area (Å²) in [5.74, 6) is -0.767. The predicted molar refractivity (Wildman–Crippen MR) is 162 cm³/mol. The molecule has 1 amide bonds. The van der Waals surface area contributed by atoms with E-state index in [1.54, 1.807) is 7.11 Å². The van der Waals surface area contributed by atoms with Crippen LogP contribution in [0.1, 0.15) is 61.2 Å². The summed E-state index contributed by atoms with van der Waals surface area (Å²) in [4.78, 5) is 45.8. The second kappa shape index (κ2) is 9.72. The van der Waals surface area contributed by atoms with Crippen molar-refractivity contribution in [2.75, 3.05) is 17.3 Å². The number of fused-ring (bicyclic) bond motifs is 6. The molecular weight excluding hydrogens is 512 g/mol. The van der Waals surface area contributed by atoms with E-state index in [0.29, 0.717) is 17.0 Å². The normalized spacial score (nSPS) is 24.1. The van der Waals surface area contributed by atoms with Crippen molar-refractivity contribution in [2.45, 2.75) is 58.0 Å². The van der Waals surface area contributed by atoms with Crippen LogP contribution < -0.4 is 15.0 Å². The molecule has 0 aromatic heterocycles. The molecule has 0 aliphatic carbocycles. The molecule has 1 saturated heterocycles. The quantitative estimate of drug-likeness (QED) is 0.369. The lowest BCUT2D eigenvalue weighted by Crippen LogP contribution is -2.51. The van der Waals surface area contributed by atoms with E-state index in [1.165, 1.54) is 0 Å². The van der Waals surface area contributed by atoms with Crippen LogP contribution >= 0.6 is 0 Å². The molecule has 6 heteroatoms. The number of hydrogen-bond donors (Lipinski definition) is 1. The van der Waals surface area contributed by atoms with Crippen molar-refractivity contribution in [3.05, 3.63) is 95.1 Å². The molecule has 210 valence electrons. The minimum absolute atomic E-state index is 0.0745. The maximum absolute atomic E-state index is 14.8. The number of Topliss-reactive ketones (excluding diaryl/α,β-unsaturated/α-hetero) is 2. The lowest BCUT2D eigenvalue weighted by atomic mass is 9.63. The van der Waals surface area contributed by atoms with Crippen molar-refractivity contribution < 1.29 is 19.1 Å². The van der Waals surface area contributed by atoms with E-state index in [9.17, 15) is 14.4 Å². The summed E-state index contributed by atoms with van der Waals surface area (Å²) in [7, 11) is 1.62. The smallest absolute Gasteiger partial charge is 0.238 e. The highest BCUT2D eigenvalue weighted by Crippen LogP contribution is 2.58. The summed E-state index contributed by atoms with van der Waals surface area (Å²) in [6.45, 7) is 7.77. The monoisotopic (exact) mass is 548 g/mol. The first kappa shape index (κ1) is 27.0. The molecule has 0 unspecified atom stereocenters. The number of hydrogen-bond acceptors (Lipinski definition) is 5. The lowest BCUT2D eigenvalue weighted by molar-refractivity contribution is -0.128. The Bertz CT molecular complexity index is 1580. The minimum Gasteiger partial charge on any atom is -0.497 e. The molecule has 6 nitrogen and oxygen atoms in total. The Kier molecular flexibility index (Phi) is 6.40. The van der Waals surface area contributed by atoms with Gasteiger partial charge in [0.15, 0.2) is 11.6 Å². The van der Waals surface area contributed by atoms with Gasteiger partial charge >= 0.3 is 0 Å². The molecule has 3 aliphatic heterocycles. The summed E-state index contributed by atoms with van der Waals surface area (Å²) in [5.41, 5.74) is 2.74. The Balaban J connectivity index is 1.63. The molecule has 1 spiro atoms. The van der Waals surface area contributed by atoms with Crippen molar-refractivity contribution in [3.8, 4) is 5.75 Å². The number of nitrogens with one attached hydrogen (secondary N) is 1. The summed E-state index contributed by atoms with van der Waals surface area (Å²) in [6, 6.07) is 19.6. The highest BCUT2D eigenvalue weighted by molar-refractivity contribution is 6.17. The van der Waals surface area contributed by atoms with Crippen LogP contribution in [0.5, 0.6) is 5.75 Å². The molecule has 1 N–H and O–H groups in total. The van der Waals surface area contributed by atoms with Crippen molar-refractivity contribution in [1.82, 2.24) is 0 Å². The maximum Gasteiger partial charge on any atom is 0.238 e. The van der Waals surface area contributed by atoms with Gasteiger partial charge in [-0.3, -0.25) is 14.4 Å². The number of carbonyl (C=O) groups is 3. The van der Waals surface area contributed by atoms with Gasteiger partial charge in [0.2, 0.25) is 5.91 Å². The third-order valence-corrected chi connectivity index (χ3v) is 8.91. The van der Waals surface area contributed by atoms with Gasteiger partial charge in [-0.05, 0) is 41.8 Å². The van der Waals surface area contributed by atoms with Crippen LogP contribution in [-0.4, -0.2) is 36.7 Å². The number of rotatable bonds is 6. The molecule has 3 aromatic carbocycles. The fraction of sp³-hybridized carbons (Fsp3) is 0.343. The van der Waals surface area contributed by atoms with E-state index in [2.05, 4.69) is 12.2 Å². The zero-order chi connectivity index (χ0) is 29.1. The summed E-state index contributed by atoms with van der Waals surface area (Å²) < 4.78 is 5.48. The fourth-order valence-corrected chi connectivity index (χ4v) is 7.03. The number of methoxy groups -OCH3 is 1. The Hall–Kier alpha value is -4.19. The predicted octanol–water partition coefficient (Wildman–Crippen LogP) is 6.24. The Morgan fingerprint density at radius 3 is 2.44 bits per heavy atom. The van der Waals surface area contributed by atoms with E-state index < -0.39 is 28.8 Å². The molecule has 0 saturated carbocycles. The summed E-state index contributed by atoms with van der Waals surface area (Å²) in [6.07, 6.45) is 5.90. The van der Waals surface area contributed by atoms with Gasteiger partial charge in [-0.15, -0.1) is 0 Å². The standard InChI is InChI=1S/C35H36N2O4/c1-6-9-21-12-14-22(15-13-21)31(38)29-30(32(39)34(2,3)4)37-27-18-17-24(41-5)20-23(27)16-19-28(37)35(29)25-10-7-8-11-26(25)36-33(35)40/h7-8,10-20,28-30H,6,9H2,1-5H3,(H,36,40)/t28-,29-,30-,35+/m1/s1. The molecule has 0 radical (unpaired) electrons. The van der Waals surface area contributed by atoms with Gasteiger partial charge in [-0.25, -0.2) is 0 Å². The third-order valence-electron chi connectivity index (χ3n) is 8.91. The number of amides is 1. The number of carbonyl (C=O) groups excluding carboxylic acids is 3. The average Bonchev–Trinajstić information content (AvgIpc) is 3.44. The first-order valence-electron chi connectivity index (χ1n) is 14.4. The first-order chi connectivity index (χ1) is 19.6. The zero-order valence-electron chi connectivity index (χ0n) is 24.2. The van der Waals surface area contributed by atoms with E-state index in [4.69, 9.17) is 4.74 Å². The molecule has 1 fully saturated rings. The summed E-state index contributed by atoms with van der Waals surface area (Å²) >= 11 is 0. The molecular formula is C35H36N2O4. The SMILES string of the molecule is CCCc1ccc(C(=O)[C@H]2[C@H](C(=O)C(C)(C)C)N3c4ccc(OC)cc4C=C[C@@H]3[C@]23C(=O)Nc2ccccc23)cc1. The van der Waals surface area contributed by atoms with Gasteiger partial charge < -0.3 is 15.0 Å². The molecule has 3 heterocycles. The molecule has 4 atom stereocenters. The van der Waals surface area contributed by atoms with Crippen LogP contribution in [0, 0.1) is 11.3 Å².